The summed E-state index contributed by atoms with van der Waals surface area (Å²) in [6.45, 7) is 1.81. The van der Waals surface area contributed by atoms with Crippen LogP contribution in [0.4, 0.5) is 13.2 Å². The second kappa shape index (κ2) is 8.71. The molecular formula is C24H21F3O3. The maximum absolute atomic E-state index is 14.2. The molecule has 3 aromatic carbocycles. The Morgan fingerprint density at radius 2 is 1.37 bits per heavy atom. The summed E-state index contributed by atoms with van der Waals surface area (Å²) in [6.07, 6.45) is -6.06. The first-order valence-corrected chi connectivity index (χ1v) is 9.30. The molecule has 0 aromatic heterocycles. The lowest BCUT2D eigenvalue weighted by molar-refractivity contribution is -0.277. The van der Waals surface area contributed by atoms with Crippen LogP contribution in [0.1, 0.15) is 28.4 Å². The Balaban J connectivity index is 2.11. The van der Waals surface area contributed by atoms with E-state index in [0.29, 0.717) is 11.1 Å². The first-order chi connectivity index (χ1) is 14.3. The summed E-state index contributed by atoms with van der Waals surface area (Å²) in [5.74, 6) is -1.53. The molecule has 0 saturated heterocycles. The molecule has 6 heteroatoms. The quantitative estimate of drug-likeness (QED) is 0.483. The van der Waals surface area contributed by atoms with Crippen LogP contribution >= 0.6 is 0 Å². The fraction of sp³-hybridized carbons (Fsp3) is 0.208. The van der Waals surface area contributed by atoms with E-state index in [-0.39, 0.29) is 5.56 Å². The molecule has 0 unspecified atom stereocenters. The van der Waals surface area contributed by atoms with Gasteiger partial charge in [-0.1, -0.05) is 84.9 Å². The fourth-order valence-electron chi connectivity index (χ4n) is 3.40. The summed E-state index contributed by atoms with van der Waals surface area (Å²) in [7, 11) is 0.854. The van der Waals surface area contributed by atoms with Gasteiger partial charge in [-0.05, 0) is 23.6 Å². The number of esters is 1. The largest absolute Gasteiger partial charge is 0.450 e. The Morgan fingerprint density at radius 3 is 1.90 bits per heavy atom. The van der Waals surface area contributed by atoms with Crippen molar-refractivity contribution in [1.29, 1.82) is 0 Å². The van der Waals surface area contributed by atoms with E-state index in [1.807, 2.05) is 19.1 Å². The Kier molecular flexibility index (Phi) is 6.27. The molecule has 0 amide bonds. The van der Waals surface area contributed by atoms with E-state index >= 15 is 0 Å². The summed E-state index contributed by atoms with van der Waals surface area (Å²) < 4.78 is 53.1. The third-order valence-electron chi connectivity index (χ3n) is 4.97. The Labute approximate surface area is 173 Å². The molecule has 0 N–H and O–H groups in total. The molecule has 3 nitrogen and oxygen atoms in total. The van der Waals surface area contributed by atoms with Crippen LogP contribution in [0.25, 0.3) is 0 Å². The molecule has 30 heavy (non-hydrogen) atoms. The summed E-state index contributed by atoms with van der Waals surface area (Å²) in [4.78, 5) is 13.1. The standard InChI is InChI=1S/C24H21F3O3/c1-17-11-9-10-16-20(17)21(18-12-5-3-6-13-18)30-22(28)23(29-2,24(25,26)27)19-14-7-4-8-15-19/h3-16,21H,1-2H3/t21-,23-/m0/s1. The molecule has 0 aliphatic heterocycles. The lowest BCUT2D eigenvalue weighted by Gasteiger charge is -2.34. The molecule has 0 aliphatic carbocycles. The van der Waals surface area contributed by atoms with E-state index in [4.69, 9.17) is 9.47 Å². The van der Waals surface area contributed by atoms with Crippen LogP contribution in [0.15, 0.2) is 84.9 Å². The number of carbonyl (C=O) groups excluding carboxylic acids is 1. The molecule has 0 heterocycles. The van der Waals surface area contributed by atoms with Gasteiger partial charge in [0.15, 0.2) is 6.10 Å². The van der Waals surface area contributed by atoms with Gasteiger partial charge in [0.05, 0.1) is 0 Å². The van der Waals surface area contributed by atoms with Gasteiger partial charge in [0, 0.05) is 12.7 Å². The molecule has 0 aliphatic rings. The molecule has 0 saturated carbocycles. The van der Waals surface area contributed by atoms with Gasteiger partial charge in [0.2, 0.25) is 0 Å². The number of alkyl halides is 3. The topological polar surface area (TPSA) is 35.5 Å². The van der Waals surface area contributed by atoms with Crippen LogP contribution in [0, 0.1) is 6.92 Å². The highest BCUT2D eigenvalue weighted by molar-refractivity contribution is 5.83. The zero-order valence-electron chi connectivity index (χ0n) is 16.5. The van der Waals surface area contributed by atoms with Crippen molar-refractivity contribution < 1.29 is 27.4 Å². The van der Waals surface area contributed by atoms with E-state index < -0.39 is 23.9 Å². The van der Waals surface area contributed by atoms with Gasteiger partial charge in [-0.15, -0.1) is 0 Å². The van der Waals surface area contributed by atoms with E-state index in [1.165, 1.54) is 24.3 Å². The van der Waals surface area contributed by atoms with E-state index in [0.717, 1.165) is 12.7 Å². The zero-order valence-corrected chi connectivity index (χ0v) is 16.5. The number of hydrogen-bond donors (Lipinski definition) is 0. The van der Waals surface area contributed by atoms with Crippen LogP contribution in [0.5, 0.6) is 0 Å². The van der Waals surface area contributed by atoms with Crippen molar-refractivity contribution in [3.8, 4) is 0 Å². The number of hydrogen-bond acceptors (Lipinski definition) is 3. The average molecular weight is 414 g/mol. The van der Waals surface area contributed by atoms with Gasteiger partial charge in [-0.2, -0.15) is 13.2 Å². The SMILES string of the molecule is CO[C@](C(=O)O[C@@H](c1ccccc1)c1ccccc1C)(c1ccccc1)C(F)(F)F. The monoisotopic (exact) mass is 414 g/mol. The molecule has 0 bridgehead atoms. The van der Waals surface area contributed by atoms with Gasteiger partial charge in [-0.25, -0.2) is 4.79 Å². The van der Waals surface area contributed by atoms with E-state index in [2.05, 4.69) is 0 Å². The highest BCUT2D eigenvalue weighted by Gasteiger charge is 2.64. The fourth-order valence-corrected chi connectivity index (χ4v) is 3.40. The molecule has 0 spiro atoms. The van der Waals surface area contributed by atoms with Gasteiger partial charge < -0.3 is 9.47 Å². The minimum atomic E-state index is -5.03. The normalized spacial score (nSPS) is 14.6. The molecule has 0 fully saturated rings. The number of ether oxygens (including phenoxy) is 2. The van der Waals surface area contributed by atoms with Crippen molar-refractivity contribution in [2.75, 3.05) is 7.11 Å². The van der Waals surface area contributed by atoms with Crippen molar-refractivity contribution in [3.05, 3.63) is 107 Å². The molecule has 2 atom stereocenters. The predicted octanol–water partition coefficient (Wildman–Crippen LogP) is 5.73. The summed E-state index contributed by atoms with van der Waals surface area (Å²) >= 11 is 0. The van der Waals surface area contributed by atoms with Crippen molar-refractivity contribution in [2.45, 2.75) is 24.8 Å². The van der Waals surface area contributed by atoms with Crippen molar-refractivity contribution in [2.24, 2.45) is 0 Å². The van der Waals surface area contributed by atoms with Crippen molar-refractivity contribution in [1.82, 2.24) is 0 Å². The van der Waals surface area contributed by atoms with Gasteiger partial charge in [0.25, 0.3) is 5.60 Å². The van der Waals surface area contributed by atoms with E-state index in [1.54, 1.807) is 48.5 Å². The Morgan fingerprint density at radius 1 is 0.833 bits per heavy atom. The number of carbonyl (C=O) groups is 1. The number of aryl methyl sites for hydroxylation is 1. The molecule has 156 valence electrons. The Bertz CT molecular complexity index is 987. The number of benzene rings is 3. The second-order valence-corrected chi connectivity index (χ2v) is 6.80. The van der Waals surface area contributed by atoms with Crippen LogP contribution in [-0.2, 0) is 19.9 Å². The van der Waals surface area contributed by atoms with Gasteiger partial charge >= 0.3 is 12.1 Å². The highest BCUT2D eigenvalue weighted by Crippen LogP contribution is 2.44. The third-order valence-corrected chi connectivity index (χ3v) is 4.97. The number of methoxy groups -OCH3 is 1. The summed E-state index contributed by atoms with van der Waals surface area (Å²) in [5, 5.41) is 0. The van der Waals surface area contributed by atoms with Gasteiger partial charge in [-0.3, -0.25) is 0 Å². The molecule has 3 rings (SSSR count). The lowest BCUT2D eigenvalue weighted by Crippen LogP contribution is -2.52. The third kappa shape index (κ3) is 3.96. The lowest BCUT2D eigenvalue weighted by atomic mass is 9.92. The zero-order chi connectivity index (χ0) is 21.8. The predicted molar refractivity (Wildman–Crippen MR) is 107 cm³/mol. The minimum absolute atomic E-state index is 0.346. The minimum Gasteiger partial charge on any atom is -0.450 e. The first-order valence-electron chi connectivity index (χ1n) is 9.30. The van der Waals surface area contributed by atoms with Crippen LogP contribution in [0.3, 0.4) is 0 Å². The molecule has 3 aromatic rings. The van der Waals surface area contributed by atoms with Crippen molar-refractivity contribution in [3.63, 3.8) is 0 Å². The number of rotatable bonds is 6. The maximum atomic E-state index is 14.2. The van der Waals surface area contributed by atoms with E-state index in [9.17, 15) is 18.0 Å². The summed E-state index contributed by atoms with van der Waals surface area (Å²) in [5.41, 5.74) is -1.66. The molecule has 0 radical (unpaired) electrons. The summed E-state index contributed by atoms with van der Waals surface area (Å²) in [6, 6.07) is 22.5. The van der Waals surface area contributed by atoms with Crippen LogP contribution in [-0.4, -0.2) is 19.3 Å². The van der Waals surface area contributed by atoms with Gasteiger partial charge in [0.1, 0.15) is 0 Å². The van der Waals surface area contributed by atoms with Crippen molar-refractivity contribution >= 4 is 5.97 Å². The molecular weight excluding hydrogens is 393 g/mol. The Hall–Kier alpha value is -3.12. The van der Waals surface area contributed by atoms with Crippen LogP contribution < -0.4 is 0 Å². The average Bonchev–Trinajstić information content (AvgIpc) is 2.74. The number of halogens is 3. The first kappa shape index (κ1) is 21.6. The second-order valence-electron chi connectivity index (χ2n) is 6.80. The smallest absolute Gasteiger partial charge is 0.432 e. The maximum Gasteiger partial charge on any atom is 0.432 e. The van der Waals surface area contributed by atoms with Crippen LogP contribution in [0.2, 0.25) is 0 Å². The highest BCUT2D eigenvalue weighted by atomic mass is 19.4.